The minimum Gasteiger partial charge on any atom is -0.477 e. The Morgan fingerprint density at radius 2 is 1.75 bits per heavy atom. The molecule has 0 saturated heterocycles. The highest BCUT2D eigenvalue weighted by Crippen LogP contribution is 2.23. The van der Waals surface area contributed by atoms with E-state index in [1.165, 1.54) is 18.2 Å². The summed E-state index contributed by atoms with van der Waals surface area (Å²) in [6, 6.07) is 4.14. The van der Waals surface area contributed by atoms with Gasteiger partial charge in [-0.15, -0.1) is 0 Å². The molecule has 104 valence electrons. The number of H-pyrrole nitrogens is 1. The van der Waals surface area contributed by atoms with Crippen LogP contribution < -0.4 is 11.2 Å². The van der Waals surface area contributed by atoms with Gasteiger partial charge in [0, 0.05) is 10.0 Å². The van der Waals surface area contributed by atoms with Gasteiger partial charge in [0.15, 0.2) is 5.69 Å². The number of carbonyl (C=O) groups is 1. The van der Waals surface area contributed by atoms with Gasteiger partial charge < -0.3 is 5.11 Å². The summed E-state index contributed by atoms with van der Waals surface area (Å²) in [6.45, 7) is 0. The number of nitrogens with zero attached hydrogens (tertiary/aromatic N) is 1. The standard InChI is InChI=1S/C11H5BrCl2N2O4/c12-7-8(10(18)19)16(11(20)15-9(7)17)6-2-4(13)1-5(14)3-6/h1-3H,(H,18,19)(H,15,17,20). The first-order valence-electron chi connectivity index (χ1n) is 5.06. The van der Waals surface area contributed by atoms with Crippen LogP contribution in [0.3, 0.4) is 0 Å². The Kier molecular flexibility index (Phi) is 4.03. The Hall–Kier alpha value is -1.57. The zero-order valence-electron chi connectivity index (χ0n) is 9.49. The van der Waals surface area contributed by atoms with Crippen molar-refractivity contribution in [1.29, 1.82) is 0 Å². The molecule has 0 aliphatic heterocycles. The quantitative estimate of drug-likeness (QED) is 0.837. The fraction of sp³-hybridized carbons (Fsp3) is 0. The molecule has 0 aliphatic carbocycles. The van der Waals surface area contributed by atoms with Crippen LogP contribution in [0.1, 0.15) is 10.5 Å². The summed E-state index contributed by atoms with van der Waals surface area (Å²) in [5.74, 6) is -1.45. The highest BCUT2D eigenvalue weighted by Gasteiger charge is 2.20. The van der Waals surface area contributed by atoms with Crippen molar-refractivity contribution in [1.82, 2.24) is 9.55 Å². The van der Waals surface area contributed by atoms with E-state index in [4.69, 9.17) is 23.2 Å². The zero-order chi connectivity index (χ0) is 15.0. The number of carboxylic acids is 1. The number of hydrogen-bond acceptors (Lipinski definition) is 3. The highest BCUT2D eigenvalue weighted by molar-refractivity contribution is 9.10. The second kappa shape index (κ2) is 5.43. The Labute approximate surface area is 129 Å². The lowest BCUT2D eigenvalue weighted by atomic mass is 10.3. The van der Waals surface area contributed by atoms with Crippen LogP contribution in [0.5, 0.6) is 0 Å². The maximum atomic E-state index is 11.9. The lowest BCUT2D eigenvalue weighted by Crippen LogP contribution is -2.34. The Balaban J connectivity index is 2.93. The summed E-state index contributed by atoms with van der Waals surface area (Å²) in [4.78, 5) is 36.6. The van der Waals surface area contributed by atoms with Gasteiger partial charge in [-0.2, -0.15) is 0 Å². The first-order valence-corrected chi connectivity index (χ1v) is 6.60. The molecule has 2 rings (SSSR count). The van der Waals surface area contributed by atoms with Gasteiger partial charge in [0.2, 0.25) is 0 Å². The molecular formula is C11H5BrCl2N2O4. The number of aromatic amines is 1. The molecule has 20 heavy (non-hydrogen) atoms. The molecule has 1 aromatic heterocycles. The van der Waals surface area contributed by atoms with Crippen molar-refractivity contribution in [2.75, 3.05) is 0 Å². The number of aromatic carboxylic acids is 1. The number of benzene rings is 1. The van der Waals surface area contributed by atoms with E-state index in [1.807, 2.05) is 4.98 Å². The molecular weight excluding hydrogens is 375 g/mol. The molecule has 2 aromatic rings. The molecule has 0 fully saturated rings. The molecule has 0 unspecified atom stereocenters. The van der Waals surface area contributed by atoms with Crippen molar-refractivity contribution in [2.24, 2.45) is 0 Å². The van der Waals surface area contributed by atoms with Gasteiger partial charge in [-0.1, -0.05) is 23.2 Å². The van der Waals surface area contributed by atoms with Gasteiger partial charge in [-0.25, -0.2) is 9.59 Å². The normalized spacial score (nSPS) is 10.6. The average molecular weight is 380 g/mol. The molecule has 0 amide bonds. The third-order valence-corrected chi connectivity index (χ3v) is 3.53. The Bertz CT molecular complexity index is 808. The van der Waals surface area contributed by atoms with Crippen molar-refractivity contribution in [2.45, 2.75) is 0 Å². The highest BCUT2D eigenvalue weighted by atomic mass is 79.9. The smallest absolute Gasteiger partial charge is 0.354 e. The third kappa shape index (κ3) is 2.65. The number of halogens is 3. The second-order valence-electron chi connectivity index (χ2n) is 3.69. The van der Waals surface area contributed by atoms with Gasteiger partial charge in [0.1, 0.15) is 4.47 Å². The van der Waals surface area contributed by atoms with Crippen molar-refractivity contribution in [3.8, 4) is 5.69 Å². The molecule has 0 bridgehead atoms. The van der Waals surface area contributed by atoms with Crippen LogP contribution >= 0.6 is 39.1 Å². The van der Waals surface area contributed by atoms with E-state index in [0.717, 1.165) is 4.57 Å². The molecule has 0 atom stereocenters. The number of aromatic nitrogens is 2. The van der Waals surface area contributed by atoms with Gasteiger partial charge in [-0.3, -0.25) is 14.3 Å². The summed E-state index contributed by atoms with van der Waals surface area (Å²) in [5.41, 5.74) is -2.13. The van der Waals surface area contributed by atoms with Gasteiger partial charge in [-0.05, 0) is 34.1 Å². The van der Waals surface area contributed by atoms with Crippen LogP contribution in [0.15, 0.2) is 32.3 Å². The molecule has 0 saturated carbocycles. The Morgan fingerprint density at radius 3 is 2.25 bits per heavy atom. The number of carboxylic acid groups (broad SMARTS) is 1. The first kappa shape index (κ1) is 14.8. The molecule has 1 aromatic carbocycles. The summed E-state index contributed by atoms with van der Waals surface area (Å²) >= 11 is 14.5. The van der Waals surface area contributed by atoms with E-state index in [9.17, 15) is 19.5 Å². The fourth-order valence-corrected chi connectivity index (χ4v) is 2.58. The maximum Gasteiger partial charge on any atom is 0.354 e. The van der Waals surface area contributed by atoms with E-state index in [1.54, 1.807) is 0 Å². The molecule has 6 nitrogen and oxygen atoms in total. The van der Waals surface area contributed by atoms with E-state index in [0.29, 0.717) is 0 Å². The number of nitrogens with one attached hydrogen (secondary N) is 1. The summed E-state index contributed by atoms with van der Waals surface area (Å²) in [6.07, 6.45) is 0. The van der Waals surface area contributed by atoms with Crippen molar-refractivity contribution < 1.29 is 9.90 Å². The van der Waals surface area contributed by atoms with Gasteiger partial charge >= 0.3 is 11.7 Å². The predicted molar refractivity (Wildman–Crippen MR) is 77.3 cm³/mol. The molecule has 1 heterocycles. The lowest BCUT2D eigenvalue weighted by molar-refractivity contribution is 0.0685. The zero-order valence-corrected chi connectivity index (χ0v) is 12.6. The number of rotatable bonds is 2. The van der Waals surface area contributed by atoms with Crippen LogP contribution in [-0.2, 0) is 0 Å². The predicted octanol–water partition coefficient (Wildman–Crippen LogP) is 2.29. The van der Waals surface area contributed by atoms with E-state index < -0.39 is 22.9 Å². The minimum absolute atomic E-state index is 0.127. The van der Waals surface area contributed by atoms with E-state index in [-0.39, 0.29) is 20.2 Å². The molecule has 0 aliphatic rings. The van der Waals surface area contributed by atoms with Crippen LogP contribution in [0.2, 0.25) is 10.0 Å². The molecule has 2 N–H and O–H groups in total. The van der Waals surface area contributed by atoms with Crippen LogP contribution in [0, 0.1) is 0 Å². The van der Waals surface area contributed by atoms with Crippen LogP contribution in [0.25, 0.3) is 5.69 Å². The topological polar surface area (TPSA) is 92.2 Å². The summed E-state index contributed by atoms with van der Waals surface area (Å²) in [5, 5.41) is 9.63. The fourth-order valence-electron chi connectivity index (χ4n) is 1.62. The summed E-state index contributed by atoms with van der Waals surface area (Å²) < 4.78 is 0.520. The monoisotopic (exact) mass is 378 g/mol. The van der Waals surface area contributed by atoms with Crippen molar-refractivity contribution in [3.63, 3.8) is 0 Å². The maximum absolute atomic E-state index is 11.9. The Morgan fingerprint density at radius 1 is 1.20 bits per heavy atom. The molecule has 0 radical (unpaired) electrons. The minimum atomic E-state index is -1.45. The largest absolute Gasteiger partial charge is 0.477 e. The molecule has 0 spiro atoms. The second-order valence-corrected chi connectivity index (χ2v) is 5.36. The van der Waals surface area contributed by atoms with Crippen LogP contribution in [-0.4, -0.2) is 20.6 Å². The average Bonchev–Trinajstić information content (AvgIpc) is 2.31. The lowest BCUT2D eigenvalue weighted by Gasteiger charge is -2.11. The van der Waals surface area contributed by atoms with Crippen molar-refractivity contribution >= 4 is 45.1 Å². The molecule has 9 heteroatoms. The van der Waals surface area contributed by atoms with Gasteiger partial charge in [0.05, 0.1) is 5.69 Å². The SMILES string of the molecule is O=C(O)c1c(Br)c(=O)[nH]c(=O)n1-c1cc(Cl)cc(Cl)c1. The van der Waals surface area contributed by atoms with E-state index >= 15 is 0 Å². The van der Waals surface area contributed by atoms with Crippen molar-refractivity contribution in [3.05, 3.63) is 59.2 Å². The van der Waals surface area contributed by atoms with Gasteiger partial charge in [0.25, 0.3) is 5.56 Å². The number of hydrogen-bond donors (Lipinski definition) is 2. The third-order valence-electron chi connectivity index (χ3n) is 2.36. The first-order chi connectivity index (χ1) is 9.31. The summed E-state index contributed by atoms with van der Waals surface area (Å²) in [7, 11) is 0. The van der Waals surface area contributed by atoms with Crippen LogP contribution in [0.4, 0.5) is 0 Å². The van der Waals surface area contributed by atoms with E-state index in [2.05, 4.69) is 15.9 Å².